The van der Waals surface area contributed by atoms with E-state index in [1.165, 1.54) is 18.2 Å². The molecule has 0 amide bonds. The zero-order valence-electron chi connectivity index (χ0n) is 10.1. The highest BCUT2D eigenvalue weighted by Crippen LogP contribution is 2.32. The molecule has 1 aromatic carbocycles. The number of nitrogens with two attached hydrogens (primary N) is 1. The lowest BCUT2D eigenvalue weighted by Gasteiger charge is -2.15. The van der Waals surface area contributed by atoms with Gasteiger partial charge in [-0.2, -0.15) is 8.78 Å². The Morgan fingerprint density at radius 2 is 2.06 bits per heavy atom. The molecule has 3 N–H and O–H groups in total. The van der Waals surface area contributed by atoms with Crippen LogP contribution in [0.5, 0.6) is 11.5 Å². The summed E-state index contributed by atoms with van der Waals surface area (Å²) in [7, 11) is 0. The van der Waals surface area contributed by atoms with Crippen molar-refractivity contribution in [2.45, 2.75) is 26.1 Å². The first-order chi connectivity index (χ1) is 8.58. The molecule has 0 spiro atoms. The number of hydrogen-bond donors (Lipinski definition) is 2. The second-order valence-corrected chi connectivity index (χ2v) is 3.61. The third-order valence-corrected chi connectivity index (χ3v) is 2.31. The van der Waals surface area contributed by atoms with Gasteiger partial charge in [-0.3, -0.25) is 0 Å². The van der Waals surface area contributed by atoms with Gasteiger partial charge in [0.25, 0.3) is 0 Å². The number of aliphatic hydroxyl groups excluding tert-OH is 1. The fraction of sp³-hybridized carbons (Fsp3) is 0.500. The summed E-state index contributed by atoms with van der Waals surface area (Å²) in [5, 5.41) is 9.76. The zero-order valence-corrected chi connectivity index (χ0v) is 10.1. The van der Waals surface area contributed by atoms with Crippen LogP contribution in [0.15, 0.2) is 18.2 Å². The predicted molar refractivity (Wildman–Crippen MR) is 62.9 cm³/mol. The Hall–Kier alpha value is -1.40. The van der Waals surface area contributed by atoms with Crippen LogP contribution < -0.4 is 15.2 Å². The molecule has 1 atom stereocenters. The normalized spacial score (nSPS) is 12.6. The van der Waals surface area contributed by atoms with E-state index < -0.39 is 12.7 Å². The fourth-order valence-corrected chi connectivity index (χ4v) is 1.52. The predicted octanol–water partition coefficient (Wildman–Crippen LogP) is 2.07. The Bertz CT molecular complexity index is 374. The first-order valence-electron chi connectivity index (χ1n) is 5.68. The molecule has 0 bridgehead atoms. The molecule has 1 rings (SSSR count). The van der Waals surface area contributed by atoms with Gasteiger partial charge in [0.05, 0.1) is 12.7 Å². The lowest BCUT2D eigenvalue weighted by molar-refractivity contribution is -0.0514. The number of aliphatic hydroxyl groups is 1. The van der Waals surface area contributed by atoms with E-state index in [9.17, 15) is 13.9 Å². The van der Waals surface area contributed by atoms with E-state index in [-0.39, 0.29) is 11.5 Å². The van der Waals surface area contributed by atoms with Gasteiger partial charge in [0.2, 0.25) is 0 Å². The number of benzene rings is 1. The van der Waals surface area contributed by atoms with E-state index in [1.807, 2.05) is 0 Å². The van der Waals surface area contributed by atoms with E-state index in [2.05, 4.69) is 4.74 Å². The van der Waals surface area contributed by atoms with Gasteiger partial charge >= 0.3 is 6.61 Å². The molecule has 0 aliphatic heterocycles. The molecular formula is C12H17F2NO3. The number of ether oxygens (including phenoxy) is 2. The monoisotopic (exact) mass is 261 g/mol. The van der Waals surface area contributed by atoms with Crippen molar-refractivity contribution in [2.24, 2.45) is 5.73 Å². The van der Waals surface area contributed by atoms with Gasteiger partial charge in [-0.05, 0) is 37.6 Å². The number of hydrogen-bond acceptors (Lipinski definition) is 4. The van der Waals surface area contributed by atoms with Crippen LogP contribution in [0.3, 0.4) is 0 Å². The first kappa shape index (κ1) is 14.7. The van der Waals surface area contributed by atoms with Crippen molar-refractivity contribution in [3.05, 3.63) is 23.8 Å². The lowest BCUT2D eigenvalue weighted by Crippen LogP contribution is -2.08. The van der Waals surface area contributed by atoms with Crippen LogP contribution in [0, 0.1) is 0 Å². The van der Waals surface area contributed by atoms with Crippen LogP contribution in [0.4, 0.5) is 8.78 Å². The molecule has 6 heteroatoms. The largest absolute Gasteiger partial charge is 0.490 e. The molecule has 0 radical (unpaired) electrons. The smallest absolute Gasteiger partial charge is 0.387 e. The third-order valence-electron chi connectivity index (χ3n) is 2.31. The van der Waals surface area contributed by atoms with Crippen LogP contribution in [-0.2, 0) is 0 Å². The standard InChI is InChI=1S/C12H17F2NO3/c1-2-17-11-7-8(9(16)5-6-15)3-4-10(11)18-12(13)14/h3-4,7,9,12,16H,2,5-6,15H2,1H3. The van der Waals surface area contributed by atoms with Crippen molar-refractivity contribution in [3.8, 4) is 11.5 Å². The van der Waals surface area contributed by atoms with Gasteiger partial charge in [-0.15, -0.1) is 0 Å². The second-order valence-electron chi connectivity index (χ2n) is 3.61. The zero-order chi connectivity index (χ0) is 13.5. The second kappa shape index (κ2) is 7.13. The van der Waals surface area contributed by atoms with Crippen molar-refractivity contribution < 1.29 is 23.4 Å². The van der Waals surface area contributed by atoms with Gasteiger partial charge in [-0.1, -0.05) is 6.07 Å². The number of alkyl halides is 2. The maximum atomic E-state index is 12.2. The van der Waals surface area contributed by atoms with Crippen molar-refractivity contribution in [1.82, 2.24) is 0 Å². The molecule has 18 heavy (non-hydrogen) atoms. The van der Waals surface area contributed by atoms with Crippen LogP contribution in [0.25, 0.3) is 0 Å². The lowest BCUT2D eigenvalue weighted by atomic mass is 10.1. The van der Waals surface area contributed by atoms with E-state index in [0.717, 1.165) is 0 Å². The number of rotatable bonds is 7. The minimum absolute atomic E-state index is 0.0458. The van der Waals surface area contributed by atoms with Gasteiger partial charge in [0.15, 0.2) is 11.5 Å². The Kier molecular flexibility index (Phi) is 5.80. The highest BCUT2D eigenvalue weighted by atomic mass is 19.3. The van der Waals surface area contributed by atoms with Crippen LogP contribution in [0.2, 0.25) is 0 Å². The Balaban J connectivity index is 2.94. The molecule has 0 heterocycles. The van der Waals surface area contributed by atoms with E-state index in [0.29, 0.717) is 25.1 Å². The Morgan fingerprint density at radius 3 is 2.61 bits per heavy atom. The van der Waals surface area contributed by atoms with Crippen molar-refractivity contribution in [2.75, 3.05) is 13.2 Å². The molecule has 1 unspecified atom stereocenters. The van der Waals surface area contributed by atoms with Crippen molar-refractivity contribution in [1.29, 1.82) is 0 Å². The highest BCUT2D eigenvalue weighted by Gasteiger charge is 2.14. The van der Waals surface area contributed by atoms with Gasteiger partial charge in [-0.25, -0.2) is 0 Å². The fourth-order valence-electron chi connectivity index (χ4n) is 1.52. The minimum Gasteiger partial charge on any atom is -0.490 e. The maximum Gasteiger partial charge on any atom is 0.387 e. The van der Waals surface area contributed by atoms with E-state index >= 15 is 0 Å². The van der Waals surface area contributed by atoms with Crippen LogP contribution >= 0.6 is 0 Å². The summed E-state index contributed by atoms with van der Waals surface area (Å²) < 4.78 is 33.9. The average Bonchev–Trinajstić information content (AvgIpc) is 2.31. The summed E-state index contributed by atoms with van der Waals surface area (Å²) in [5.74, 6) is 0.141. The van der Waals surface area contributed by atoms with Crippen molar-refractivity contribution in [3.63, 3.8) is 0 Å². The van der Waals surface area contributed by atoms with Crippen LogP contribution in [0.1, 0.15) is 25.0 Å². The SMILES string of the molecule is CCOc1cc(C(O)CCN)ccc1OC(F)F. The Morgan fingerprint density at radius 1 is 1.33 bits per heavy atom. The Labute approximate surface area is 104 Å². The topological polar surface area (TPSA) is 64.7 Å². The maximum absolute atomic E-state index is 12.2. The molecule has 0 fully saturated rings. The summed E-state index contributed by atoms with van der Waals surface area (Å²) in [6.07, 6.45) is -0.351. The molecular weight excluding hydrogens is 244 g/mol. The van der Waals surface area contributed by atoms with Gasteiger partial charge < -0.3 is 20.3 Å². The molecule has 4 nitrogen and oxygen atoms in total. The van der Waals surface area contributed by atoms with Crippen molar-refractivity contribution >= 4 is 0 Å². The summed E-state index contributed by atoms with van der Waals surface area (Å²) >= 11 is 0. The summed E-state index contributed by atoms with van der Waals surface area (Å²) in [6.45, 7) is -0.532. The minimum atomic E-state index is -2.91. The molecule has 1 aromatic rings. The summed E-state index contributed by atoms with van der Waals surface area (Å²) in [4.78, 5) is 0. The quantitative estimate of drug-likeness (QED) is 0.788. The average molecular weight is 261 g/mol. The molecule has 0 saturated heterocycles. The summed E-state index contributed by atoms with van der Waals surface area (Å²) in [6, 6.07) is 4.36. The number of halogens is 2. The molecule has 0 aliphatic carbocycles. The molecule has 0 aromatic heterocycles. The summed E-state index contributed by atoms with van der Waals surface area (Å²) in [5.41, 5.74) is 5.90. The molecule has 102 valence electrons. The first-order valence-corrected chi connectivity index (χ1v) is 5.68. The van der Waals surface area contributed by atoms with Gasteiger partial charge in [0, 0.05) is 0 Å². The van der Waals surface area contributed by atoms with E-state index in [1.54, 1.807) is 6.92 Å². The molecule has 0 aliphatic rings. The van der Waals surface area contributed by atoms with E-state index in [4.69, 9.17) is 10.5 Å². The molecule has 0 saturated carbocycles. The third kappa shape index (κ3) is 4.12. The highest BCUT2D eigenvalue weighted by molar-refractivity contribution is 5.43. The van der Waals surface area contributed by atoms with Gasteiger partial charge in [0.1, 0.15) is 0 Å². The van der Waals surface area contributed by atoms with Crippen LogP contribution in [-0.4, -0.2) is 24.9 Å².